The molecule has 0 aliphatic carbocycles. The molecular formula is C19H19N3O3S2. The topological polar surface area (TPSA) is 74.7 Å². The largest absolute Gasteiger partial charge is 0.394 e. The second-order valence-corrected chi connectivity index (χ2v) is 7.91. The highest BCUT2D eigenvalue weighted by molar-refractivity contribution is 7.20. The van der Waals surface area contributed by atoms with Gasteiger partial charge in [0.2, 0.25) is 0 Å². The first kappa shape index (κ1) is 18.1. The van der Waals surface area contributed by atoms with Gasteiger partial charge in [-0.25, -0.2) is 4.98 Å². The molecule has 0 spiro atoms. The third-order valence-corrected chi connectivity index (χ3v) is 6.19. The Balaban J connectivity index is 1.52. The van der Waals surface area contributed by atoms with Crippen molar-refractivity contribution in [3.8, 4) is 9.88 Å². The predicted molar refractivity (Wildman–Crippen MR) is 109 cm³/mol. The molecule has 2 aromatic heterocycles. The number of carbonyl (C=O) groups is 1. The maximum Gasteiger partial charge on any atom is 0.275 e. The molecule has 0 bridgehead atoms. The Labute approximate surface area is 165 Å². The SMILES string of the molecule is O=C(Nc1ccccc1N1CCOC(CO)C1)c1csc(-c2cccs2)n1. The van der Waals surface area contributed by atoms with Crippen molar-refractivity contribution in [3.63, 3.8) is 0 Å². The molecule has 8 heteroatoms. The van der Waals surface area contributed by atoms with Crippen LogP contribution < -0.4 is 10.2 Å². The summed E-state index contributed by atoms with van der Waals surface area (Å²) in [7, 11) is 0. The van der Waals surface area contributed by atoms with Gasteiger partial charge in [0.25, 0.3) is 5.91 Å². The highest BCUT2D eigenvalue weighted by atomic mass is 32.1. The van der Waals surface area contributed by atoms with Gasteiger partial charge >= 0.3 is 0 Å². The number of thiazole rings is 1. The number of amides is 1. The number of ether oxygens (including phenoxy) is 1. The van der Waals surface area contributed by atoms with Crippen molar-refractivity contribution in [1.82, 2.24) is 4.98 Å². The zero-order valence-corrected chi connectivity index (χ0v) is 16.1. The molecule has 3 aromatic rings. The van der Waals surface area contributed by atoms with Gasteiger partial charge in [0.05, 0.1) is 35.6 Å². The number of para-hydroxylation sites is 2. The summed E-state index contributed by atoms with van der Waals surface area (Å²) in [5.41, 5.74) is 2.06. The van der Waals surface area contributed by atoms with Gasteiger partial charge in [0.1, 0.15) is 10.7 Å². The third kappa shape index (κ3) is 4.03. The van der Waals surface area contributed by atoms with E-state index < -0.39 is 0 Å². The molecule has 1 fully saturated rings. The Morgan fingerprint density at radius 1 is 1.30 bits per heavy atom. The number of hydrogen-bond acceptors (Lipinski definition) is 7. The number of nitrogens with one attached hydrogen (secondary N) is 1. The highest BCUT2D eigenvalue weighted by Gasteiger charge is 2.22. The number of aliphatic hydroxyl groups excluding tert-OH is 1. The Bertz CT molecular complexity index is 911. The number of aromatic nitrogens is 1. The smallest absolute Gasteiger partial charge is 0.275 e. The molecule has 1 amide bonds. The molecule has 0 radical (unpaired) electrons. The molecule has 1 aromatic carbocycles. The van der Waals surface area contributed by atoms with Gasteiger partial charge in [0, 0.05) is 18.5 Å². The molecule has 140 valence electrons. The number of anilines is 2. The minimum atomic E-state index is -0.228. The lowest BCUT2D eigenvalue weighted by Gasteiger charge is -2.34. The Morgan fingerprint density at radius 2 is 2.19 bits per heavy atom. The van der Waals surface area contributed by atoms with Crippen LogP contribution in [0.5, 0.6) is 0 Å². The molecule has 1 aliphatic heterocycles. The van der Waals surface area contributed by atoms with Crippen molar-refractivity contribution in [2.75, 3.05) is 36.5 Å². The van der Waals surface area contributed by atoms with E-state index in [4.69, 9.17) is 4.74 Å². The van der Waals surface area contributed by atoms with Crippen LogP contribution in [-0.2, 0) is 4.74 Å². The standard InChI is InChI=1S/C19H19N3O3S2/c23-11-13-10-22(7-8-25-13)16-5-2-1-4-14(16)20-18(24)15-12-27-19(21-15)17-6-3-9-26-17/h1-6,9,12-13,23H,7-8,10-11H2,(H,20,24). The van der Waals surface area contributed by atoms with Gasteiger partial charge < -0.3 is 20.1 Å². The molecule has 0 saturated carbocycles. The summed E-state index contributed by atoms with van der Waals surface area (Å²) in [5, 5.41) is 17.0. The van der Waals surface area contributed by atoms with Crippen LogP contribution >= 0.6 is 22.7 Å². The summed E-state index contributed by atoms with van der Waals surface area (Å²) < 4.78 is 5.52. The Kier molecular flexibility index (Phi) is 5.49. The molecule has 3 heterocycles. The summed E-state index contributed by atoms with van der Waals surface area (Å²) in [6.45, 7) is 1.82. The van der Waals surface area contributed by atoms with Gasteiger partial charge in [-0.05, 0) is 23.6 Å². The van der Waals surface area contributed by atoms with E-state index in [1.54, 1.807) is 16.7 Å². The van der Waals surface area contributed by atoms with Crippen molar-refractivity contribution >= 4 is 40.0 Å². The quantitative estimate of drug-likeness (QED) is 0.686. The van der Waals surface area contributed by atoms with E-state index in [1.807, 2.05) is 41.8 Å². The molecule has 1 atom stereocenters. The summed E-state index contributed by atoms with van der Waals surface area (Å²) in [6.07, 6.45) is -0.214. The maximum atomic E-state index is 12.7. The first-order chi connectivity index (χ1) is 13.2. The number of hydrogen-bond donors (Lipinski definition) is 2. The zero-order chi connectivity index (χ0) is 18.6. The molecular weight excluding hydrogens is 382 g/mol. The number of aliphatic hydroxyl groups is 1. The minimum absolute atomic E-state index is 0.0185. The van der Waals surface area contributed by atoms with Crippen LogP contribution in [0.2, 0.25) is 0 Å². The third-order valence-electron chi connectivity index (χ3n) is 4.30. The summed E-state index contributed by atoms with van der Waals surface area (Å²) in [5.74, 6) is -0.228. The van der Waals surface area contributed by atoms with E-state index in [-0.39, 0.29) is 18.6 Å². The monoisotopic (exact) mass is 401 g/mol. The highest BCUT2D eigenvalue weighted by Crippen LogP contribution is 2.30. The van der Waals surface area contributed by atoms with E-state index in [0.29, 0.717) is 25.4 Å². The minimum Gasteiger partial charge on any atom is -0.394 e. The fourth-order valence-electron chi connectivity index (χ4n) is 2.98. The van der Waals surface area contributed by atoms with E-state index in [1.165, 1.54) is 11.3 Å². The van der Waals surface area contributed by atoms with Crippen LogP contribution in [-0.4, -0.2) is 48.4 Å². The van der Waals surface area contributed by atoms with E-state index in [2.05, 4.69) is 15.2 Å². The normalized spacial score (nSPS) is 17.1. The Morgan fingerprint density at radius 3 is 3.00 bits per heavy atom. The zero-order valence-electron chi connectivity index (χ0n) is 14.5. The molecule has 1 aliphatic rings. The van der Waals surface area contributed by atoms with Crippen LogP contribution in [0.3, 0.4) is 0 Å². The Hall–Kier alpha value is -2.26. The lowest BCUT2D eigenvalue weighted by molar-refractivity contribution is 0.00360. The van der Waals surface area contributed by atoms with Crippen molar-refractivity contribution in [3.05, 3.63) is 52.9 Å². The molecule has 6 nitrogen and oxygen atoms in total. The number of nitrogens with zero attached hydrogens (tertiary/aromatic N) is 2. The van der Waals surface area contributed by atoms with Gasteiger partial charge in [-0.1, -0.05) is 18.2 Å². The molecule has 1 saturated heterocycles. The molecule has 1 unspecified atom stereocenters. The van der Waals surface area contributed by atoms with E-state index in [0.717, 1.165) is 21.3 Å². The van der Waals surface area contributed by atoms with Crippen molar-refractivity contribution in [1.29, 1.82) is 0 Å². The summed E-state index contributed by atoms with van der Waals surface area (Å²) in [6, 6.07) is 11.6. The first-order valence-electron chi connectivity index (χ1n) is 8.62. The van der Waals surface area contributed by atoms with Crippen LogP contribution in [0, 0.1) is 0 Å². The van der Waals surface area contributed by atoms with Gasteiger partial charge in [0.15, 0.2) is 0 Å². The number of rotatable bonds is 5. The number of morpholine rings is 1. The van der Waals surface area contributed by atoms with Crippen LogP contribution in [0.1, 0.15) is 10.5 Å². The predicted octanol–water partition coefficient (Wildman–Crippen LogP) is 3.32. The van der Waals surface area contributed by atoms with Gasteiger partial charge in [-0.15, -0.1) is 22.7 Å². The lowest BCUT2D eigenvalue weighted by Crippen LogP contribution is -2.44. The summed E-state index contributed by atoms with van der Waals surface area (Å²) >= 11 is 3.07. The summed E-state index contributed by atoms with van der Waals surface area (Å²) in [4.78, 5) is 20.4. The van der Waals surface area contributed by atoms with E-state index in [9.17, 15) is 9.90 Å². The van der Waals surface area contributed by atoms with Crippen molar-refractivity contribution < 1.29 is 14.6 Å². The average Bonchev–Trinajstić information content (AvgIpc) is 3.40. The number of thiophene rings is 1. The van der Waals surface area contributed by atoms with Crippen LogP contribution in [0.4, 0.5) is 11.4 Å². The number of carbonyl (C=O) groups excluding carboxylic acids is 1. The second-order valence-electron chi connectivity index (χ2n) is 6.11. The van der Waals surface area contributed by atoms with Gasteiger partial charge in [-0.3, -0.25) is 4.79 Å². The fourth-order valence-corrected chi connectivity index (χ4v) is 4.60. The molecule has 2 N–H and O–H groups in total. The maximum absolute atomic E-state index is 12.7. The van der Waals surface area contributed by atoms with Crippen LogP contribution in [0.15, 0.2) is 47.2 Å². The first-order valence-corrected chi connectivity index (χ1v) is 10.4. The van der Waals surface area contributed by atoms with Crippen molar-refractivity contribution in [2.24, 2.45) is 0 Å². The fraction of sp³-hybridized carbons (Fsp3) is 0.263. The van der Waals surface area contributed by atoms with E-state index >= 15 is 0 Å². The number of benzene rings is 1. The molecule has 27 heavy (non-hydrogen) atoms. The average molecular weight is 402 g/mol. The van der Waals surface area contributed by atoms with Crippen LogP contribution in [0.25, 0.3) is 9.88 Å². The lowest BCUT2D eigenvalue weighted by atomic mass is 10.2. The van der Waals surface area contributed by atoms with Crippen molar-refractivity contribution in [2.45, 2.75) is 6.10 Å². The molecule has 4 rings (SSSR count). The second kappa shape index (κ2) is 8.18. The van der Waals surface area contributed by atoms with Gasteiger partial charge in [-0.2, -0.15) is 0 Å².